The Morgan fingerprint density at radius 1 is 1.15 bits per heavy atom. The van der Waals surface area contributed by atoms with Gasteiger partial charge in [0.2, 0.25) is 5.95 Å². The zero-order valence-corrected chi connectivity index (χ0v) is 19.2. The molecule has 0 aliphatic rings. The number of ether oxygens (including phenoxy) is 2. The monoisotopic (exact) mass is 485 g/mol. The summed E-state index contributed by atoms with van der Waals surface area (Å²) in [4.78, 5) is 26.0. The van der Waals surface area contributed by atoms with Crippen LogP contribution in [0.1, 0.15) is 21.7 Å². The lowest BCUT2D eigenvalue weighted by molar-refractivity contribution is -0.136. The molecule has 2 aromatic heterocycles. The van der Waals surface area contributed by atoms with Gasteiger partial charge in [-0.05, 0) is 40.6 Å². The molecule has 0 saturated heterocycles. The molecule has 0 atom stereocenters. The van der Waals surface area contributed by atoms with Gasteiger partial charge >= 0.3 is 5.97 Å². The van der Waals surface area contributed by atoms with E-state index in [9.17, 15) is 9.59 Å². The van der Waals surface area contributed by atoms with Crippen molar-refractivity contribution in [3.8, 4) is 11.5 Å². The highest BCUT2D eigenvalue weighted by Gasteiger charge is 2.22. The third-order valence-electron chi connectivity index (χ3n) is 4.70. The number of aliphatic carboxylic acids is 1. The zero-order chi connectivity index (χ0) is 23.4. The Bertz CT molecular complexity index is 1290. The maximum Gasteiger partial charge on any atom is 0.303 e. The average Bonchev–Trinajstić information content (AvgIpc) is 3.45. The van der Waals surface area contributed by atoms with Crippen LogP contribution in [0.3, 0.4) is 0 Å². The van der Waals surface area contributed by atoms with Gasteiger partial charge in [0, 0.05) is 32.4 Å². The number of aromatic amines is 1. The molecule has 2 aromatic carbocycles. The van der Waals surface area contributed by atoms with E-state index in [0.29, 0.717) is 22.8 Å². The summed E-state index contributed by atoms with van der Waals surface area (Å²) in [5.74, 6) is 0.0804. The number of anilines is 1. The van der Waals surface area contributed by atoms with Gasteiger partial charge in [0.1, 0.15) is 4.88 Å². The summed E-state index contributed by atoms with van der Waals surface area (Å²) < 4.78 is 11.7. The standard InChI is InChI=1S/C21H19N5O5S2/c1-30-14-9-13-16(10-15(14)31-2)33-19(20(29)22-21-23-25-26-24-21)18(13)32-12-6-3-11(4-7-12)5-8-17(27)28/h3-4,6-7,9-10H,5,8H2,1-2H3,(H,27,28)(H2,22,23,24,25,26,29). The molecule has 10 nitrogen and oxygen atoms in total. The van der Waals surface area contributed by atoms with Crippen LogP contribution in [0.4, 0.5) is 5.95 Å². The molecule has 0 aliphatic heterocycles. The topological polar surface area (TPSA) is 139 Å². The summed E-state index contributed by atoms with van der Waals surface area (Å²) in [6.45, 7) is 0. The number of rotatable bonds is 9. The summed E-state index contributed by atoms with van der Waals surface area (Å²) in [6.07, 6.45) is 0.529. The van der Waals surface area contributed by atoms with E-state index < -0.39 is 5.97 Å². The van der Waals surface area contributed by atoms with Gasteiger partial charge in [-0.15, -0.1) is 11.3 Å². The summed E-state index contributed by atoms with van der Waals surface area (Å²) >= 11 is 2.75. The Hall–Kier alpha value is -3.64. The number of carboxylic acid groups (broad SMARTS) is 1. The number of carbonyl (C=O) groups excluding carboxylic acids is 1. The molecule has 0 saturated carbocycles. The molecular weight excluding hydrogens is 466 g/mol. The number of nitrogens with zero attached hydrogens (tertiary/aromatic N) is 3. The summed E-state index contributed by atoms with van der Waals surface area (Å²) in [6, 6.07) is 11.3. The van der Waals surface area contributed by atoms with Crippen LogP contribution in [0.5, 0.6) is 11.5 Å². The number of hydrogen-bond donors (Lipinski definition) is 3. The van der Waals surface area contributed by atoms with E-state index in [1.54, 1.807) is 14.2 Å². The minimum Gasteiger partial charge on any atom is -0.493 e. The van der Waals surface area contributed by atoms with Crippen LogP contribution >= 0.6 is 23.1 Å². The number of carboxylic acids is 1. The maximum absolute atomic E-state index is 13.1. The van der Waals surface area contributed by atoms with Crippen molar-refractivity contribution >= 4 is 51.0 Å². The maximum atomic E-state index is 13.1. The number of fused-ring (bicyclic) bond motifs is 1. The van der Waals surface area contributed by atoms with Gasteiger partial charge in [0.15, 0.2) is 11.5 Å². The van der Waals surface area contributed by atoms with Crippen LogP contribution in [0.15, 0.2) is 46.2 Å². The third kappa shape index (κ3) is 5.07. The van der Waals surface area contributed by atoms with E-state index in [1.807, 2.05) is 36.4 Å². The molecule has 0 unspecified atom stereocenters. The van der Waals surface area contributed by atoms with Crippen LogP contribution in [0, 0.1) is 0 Å². The first-order valence-electron chi connectivity index (χ1n) is 9.70. The first-order chi connectivity index (χ1) is 16.0. The molecule has 0 aliphatic carbocycles. The fourth-order valence-electron chi connectivity index (χ4n) is 3.12. The molecule has 33 heavy (non-hydrogen) atoms. The van der Waals surface area contributed by atoms with Crippen molar-refractivity contribution in [3.63, 3.8) is 0 Å². The van der Waals surface area contributed by atoms with E-state index in [0.717, 1.165) is 25.4 Å². The number of nitrogens with one attached hydrogen (secondary N) is 2. The zero-order valence-electron chi connectivity index (χ0n) is 17.6. The van der Waals surface area contributed by atoms with Gasteiger partial charge in [0.05, 0.1) is 14.2 Å². The molecular formula is C21H19N5O5S2. The van der Waals surface area contributed by atoms with Crippen molar-refractivity contribution in [3.05, 3.63) is 46.8 Å². The molecule has 4 rings (SSSR count). The van der Waals surface area contributed by atoms with Gasteiger partial charge in [0.25, 0.3) is 5.91 Å². The van der Waals surface area contributed by atoms with E-state index >= 15 is 0 Å². The number of tetrazole rings is 1. The average molecular weight is 486 g/mol. The molecule has 12 heteroatoms. The van der Waals surface area contributed by atoms with Gasteiger partial charge < -0.3 is 14.6 Å². The van der Waals surface area contributed by atoms with E-state index in [2.05, 4.69) is 25.9 Å². The minimum absolute atomic E-state index is 0.0735. The Balaban J connectivity index is 1.72. The lowest BCUT2D eigenvalue weighted by Gasteiger charge is -2.09. The molecule has 0 spiro atoms. The van der Waals surface area contributed by atoms with Gasteiger partial charge in [-0.3, -0.25) is 14.9 Å². The predicted octanol–water partition coefficient (Wildman–Crippen LogP) is 3.85. The molecule has 0 radical (unpaired) electrons. The first kappa shape index (κ1) is 22.6. The highest BCUT2D eigenvalue weighted by Crippen LogP contribution is 2.45. The van der Waals surface area contributed by atoms with Gasteiger partial charge in [-0.2, -0.15) is 0 Å². The van der Waals surface area contributed by atoms with Crippen molar-refractivity contribution in [2.75, 3.05) is 19.5 Å². The SMILES string of the molecule is COc1cc2sc(C(=O)Nc3nnn[nH]3)c(Sc3ccc(CCC(=O)O)cc3)c2cc1OC. The van der Waals surface area contributed by atoms with Crippen molar-refractivity contribution in [1.82, 2.24) is 20.6 Å². The molecule has 0 fully saturated rings. The minimum atomic E-state index is -0.833. The number of H-pyrrole nitrogens is 1. The molecule has 0 bridgehead atoms. The number of methoxy groups -OCH3 is 2. The second kappa shape index (κ2) is 9.88. The van der Waals surface area contributed by atoms with Gasteiger partial charge in [-0.25, -0.2) is 5.10 Å². The number of benzene rings is 2. The second-order valence-electron chi connectivity index (χ2n) is 6.81. The van der Waals surface area contributed by atoms with Crippen LogP contribution in [-0.4, -0.2) is 51.8 Å². The number of hydrogen-bond acceptors (Lipinski definition) is 9. The first-order valence-corrected chi connectivity index (χ1v) is 11.3. The van der Waals surface area contributed by atoms with Crippen LogP contribution in [0.25, 0.3) is 10.1 Å². The van der Waals surface area contributed by atoms with E-state index in [1.165, 1.54) is 23.1 Å². The Morgan fingerprint density at radius 2 is 1.88 bits per heavy atom. The molecule has 2 heterocycles. The van der Waals surface area contributed by atoms with Crippen molar-refractivity contribution in [2.45, 2.75) is 22.6 Å². The Kier molecular flexibility index (Phi) is 6.75. The molecule has 3 N–H and O–H groups in total. The van der Waals surface area contributed by atoms with Crippen LogP contribution in [-0.2, 0) is 11.2 Å². The largest absolute Gasteiger partial charge is 0.493 e. The number of amides is 1. The van der Waals surface area contributed by atoms with E-state index in [-0.39, 0.29) is 18.3 Å². The highest BCUT2D eigenvalue weighted by atomic mass is 32.2. The lowest BCUT2D eigenvalue weighted by atomic mass is 10.1. The summed E-state index contributed by atoms with van der Waals surface area (Å²) in [7, 11) is 3.12. The lowest BCUT2D eigenvalue weighted by Crippen LogP contribution is -2.12. The number of carbonyl (C=O) groups is 2. The third-order valence-corrected chi connectivity index (χ3v) is 7.12. The van der Waals surface area contributed by atoms with Crippen LogP contribution < -0.4 is 14.8 Å². The van der Waals surface area contributed by atoms with E-state index in [4.69, 9.17) is 14.6 Å². The Labute approximate surface area is 196 Å². The second-order valence-corrected chi connectivity index (χ2v) is 8.94. The van der Waals surface area contributed by atoms with Crippen molar-refractivity contribution in [1.29, 1.82) is 0 Å². The fourth-order valence-corrected chi connectivity index (χ4v) is 5.41. The summed E-state index contributed by atoms with van der Waals surface area (Å²) in [5, 5.41) is 25.6. The van der Waals surface area contributed by atoms with Gasteiger partial charge in [-0.1, -0.05) is 29.0 Å². The summed E-state index contributed by atoms with van der Waals surface area (Å²) in [5.41, 5.74) is 0.930. The quantitative estimate of drug-likeness (QED) is 0.322. The molecule has 170 valence electrons. The Morgan fingerprint density at radius 3 is 2.52 bits per heavy atom. The highest BCUT2D eigenvalue weighted by molar-refractivity contribution is 7.99. The predicted molar refractivity (Wildman–Crippen MR) is 124 cm³/mol. The van der Waals surface area contributed by atoms with Crippen LogP contribution in [0.2, 0.25) is 0 Å². The van der Waals surface area contributed by atoms with Crippen molar-refractivity contribution in [2.24, 2.45) is 0 Å². The number of aryl methyl sites for hydroxylation is 1. The molecule has 1 amide bonds. The number of aromatic nitrogens is 4. The normalized spacial score (nSPS) is 10.8. The number of thiophene rings is 1. The molecule has 4 aromatic rings. The fraction of sp³-hybridized carbons (Fsp3) is 0.190. The van der Waals surface area contributed by atoms with Crippen molar-refractivity contribution < 1.29 is 24.2 Å². The smallest absolute Gasteiger partial charge is 0.303 e.